The van der Waals surface area contributed by atoms with Gasteiger partial charge in [-0.05, 0) is 51.1 Å². The molecule has 9 rings (SSSR count). The Labute approximate surface area is 359 Å². The smallest absolute Gasteiger partial charge is 0.128 e. The summed E-state index contributed by atoms with van der Waals surface area (Å²) in [6, 6.07) is 51.5. The monoisotopic (exact) mass is 941 g/mol. The van der Waals surface area contributed by atoms with Crippen molar-refractivity contribution in [2.45, 2.75) is 52.6 Å². The van der Waals surface area contributed by atoms with Crippen molar-refractivity contribution < 1.29 is 32.7 Å². The van der Waals surface area contributed by atoms with Gasteiger partial charge in [-0.2, -0.15) is 0 Å². The van der Waals surface area contributed by atoms with Gasteiger partial charge in [0.05, 0.1) is 13.7 Å². The molecule has 285 valence electrons. The number of furan rings is 1. The van der Waals surface area contributed by atoms with Gasteiger partial charge in [0.15, 0.2) is 0 Å². The van der Waals surface area contributed by atoms with Crippen molar-refractivity contribution in [2.24, 2.45) is 0 Å². The number of benzene rings is 6. The zero-order chi connectivity index (χ0) is 44.0. The molecule has 3 nitrogen and oxygen atoms in total. The average Bonchev–Trinajstić information content (AvgIpc) is 3.64. The minimum absolute atomic E-state index is 0. The second kappa shape index (κ2) is 16.2. The Morgan fingerprint density at radius 3 is 2.11 bits per heavy atom. The van der Waals surface area contributed by atoms with E-state index >= 15 is 0 Å². The van der Waals surface area contributed by atoms with Crippen LogP contribution in [0.15, 0.2) is 156 Å². The van der Waals surface area contributed by atoms with Gasteiger partial charge in [0.2, 0.25) is 0 Å². The van der Waals surface area contributed by atoms with E-state index in [0.717, 1.165) is 49.5 Å². The molecule has 6 aromatic carbocycles. The fourth-order valence-corrected chi connectivity index (χ4v) is 8.74. The third-order valence-corrected chi connectivity index (χ3v) is 12.6. The zero-order valence-corrected chi connectivity index (χ0v) is 36.0. The van der Waals surface area contributed by atoms with Crippen LogP contribution in [0.5, 0.6) is 0 Å². The Balaban J connectivity index is 0.000000196. The van der Waals surface area contributed by atoms with E-state index in [0.29, 0.717) is 22.4 Å². The molecule has 57 heavy (non-hydrogen) atoms. The number of fused-ring (bicyclic) bond motifs is 5. The normalized spacial score (nSPS) is 13.6. The van der Waals surface area contributed by atoms with Crippen molar-refractivity contribution in [2.75, 3.05) is 0 Å². The number of aromatic nitrogens is 2. The minimum atomic E-state index is -2.33. The van der Waals surface area contributed by atoms with Crippen molar-refractivity contribution in [3.63, 3.8) is 0 Å². The number of aryl methyl sites for hydroxylation is 2. The van der Waals surface area contributed by atoms with Crippen molar-refractivity contribution in [1.82, 2.24) is 9.97 Å². The zero-order valence-electron chi connectivity index (χ0n) is 38.6. The van der Waals surface area contributed by atoms with Crippen molar-refractivity contribution in [1.29, 1.82) is 0 Å². The third-order valence-electron chi connectivity index (χ3n) is 10.5. The largest absolute Gasteiger partial charge is 0.500 e. The van der Waals surface area contributed by atoms with E-state index in [4.69, 9.17) is 17.6 Å². The first-order valence-corrected chi connectivity index (χ1v) is 22.3. The fourth-order valence-electron chi connectivity index (χ4n) is 7.27. The topological polar surface area (TPSA) is 38.9 Å². The molecule has 0 fully saturated rings. The molecule has 3 heterocycles. The molecule has 0 atom stereocenters. The molecule has 0 saturated carbocycles. The molecule has 3 aromatic heterocycles. The first-order chi connectivity index (χ1) is 29.4. The van der Waals surface area contributed by atoms with Gasteiger partial charge in [0.25, 0.3) is 0 Å². The maximum Gasteiger partial charge on any atom is 0.128 e. The second-order valence-electron chi connectivity index (χ2n) is 15.7. The van der Waals surface area contributed by atoms with E-state index in [1.165, 1.54) is 16.3 Å². The first-order valence-electron chi connectivity index (χ1n) is 21.8. The van der Waals surface area contributed by atoms with Gasteiger partial charge in [-0.3, -0.25) is 0 Å². The molecule has 0 aliphatic rings. The minimum Gasteiger partial charge on any atom is -0.500 e. The van der Waals surface area contributed by atoms with Crippen LogP contribution in [0, 0.1) is 25.8 Å². The van der Waals surface area contributed by atoms with Crippen molar-refractivity contribution in [3.8, 4) is 33.6 Å². The van der Waals surface area contributed by atoms with Crippen LogP contribution in [0.4, 0.5) is 0 Å². The summed E-state index contributed by atoms with van der Waals surface area (Å²) >= 11 is 0. The van der Waals surface area contributed by atoms with Gasteiger partial charge >= 0.3 is 0 Å². The van der Waals surface area contributed by atoms with Crippen LogP contribution in [0.25, 0.3) is 66.4 Å². The predicted molar refractivity (Wildman–Crippen MR) is 238 cm³/mol. The van der Waals surface area contributed by atoms with Crippen LogP contribution >= 0.6 is 0 Å². The van der Waals surface area contributed by atoms with Crippen LogP contribution in [0.3, 0.4) is 0 Å². The first kappa shape index (κ1) is 32.6. The summed E-state index contributed by atoms with van der Waals surface area (Å²) in [4.78, 5) is 9.36. The van der Waals surface area contributed by atoms with Crippen LogP contribution < -0.4 is 5.19 Å². The summed E-state index contributed by atoms with van der Waals surface area (Å²) in [5.74, 6) is 0. The Morgan fingerprint density at radius 1 is 0.649 bits per heavy atom. The Hall–Kier alpha value is -5.45. The molecular weight excluding hydrogens is 889 g/mol. The molecule has 0 aliphatic heterocycles. The number of hydrogen-bond acceptors (Lipinski definition) is 3. The molecule has 0 amide bonds. The number of hydrogen-bond donors (Lipinski definition) is 0. The van der Waals surface area contributed by atoms with Crippen LogP contribution in [0.1, 0.15) is 44.3 Å². The van der Waals surface area contributed by atoms with Crippen LogP contribution in [-0.2, 0) is 25.5 Å². The van der Waals surface area contributed by atoms with Crippen molar-refractivity contribution in [3.05, 3.63) is 186 Å². The number of rotatable bonds is 6. The summed E-state index contributed by atoms with van der Waals surface area (Å²) in [7, 11) is -1.57. The second-order valence-corrected chi connectivity index (χ2v) is 20.8. The van der Waals surface area contributed by atoms with Gasteiger partial charge in [0.1, 0.15) is 5.58 Å². The molecule has 0 saturated heterocycles. The molecule has 5 heteroatoms. The molecule has 0 N–H and O–H groups in total. The predicted octanol–water partition coefficient (Wildman–Crippen LogP) is 13.3. The molecule has 0 spiro atoms. The maximum absolute atomic E-state index is 8.28. The van der Waals surface area contributed by atoms with E-state index < -0.39 is 27.2 Å². The van der Waals surface area contributed by atoms with Crippen LogP contribution in [-0.4, -0.2) is 18.0 Å². The molecular formula is C52H46IrN2OSi-2. The van der Waals surface area contributed by atoms with Gasteiger partial charge < -0.3 is 14.4 Å². The summed E-state index contributed by atoms with van der Waals surface area (Å²) in [6.07, 6.45) is 3.77. The average molecular weight is 941 g/mol. The Kier molecular flexibility index (Phi) is 9.26. The van der Waals surface area contributed by atoms with E-state index in [1.807, 2.05) is 66.9 Å². The van der Waals surface area contributed by atoms with E-state index in [1.54, 1.807) is 36.5 Å². The number of pyridine rings is 2. The molecule has 1 radical (unpaired) electrons. The molecule has 9 aromatic rings. The number of nitrogens with zero attached hydrogens (tertiary/aromatic N) is 2. The Morgan fingerprint density at radius 2 is 1.39 bits per heavy atom. The van der Waals surface area contributed by atoms with Crippen LogP contribution in [0.2, 0.25) is 19.6 Å². The van der Waals surface area contributed by atoms with E-state index in [9.17, 15) is 0 Å². The van der Waals surface area contributed by atoms with Gasteiger partial charge in [-0.1, -0.05) is 160 Å². The quantitative estimate of drug-likeness (QED) is 0.123. The summed E-state index contributed by atoms with van der Waals surface area (Å²) < 4.78 is 53.5. The van der Waals surface area contributed by atoms with E-state index in [-0.39, 0.29) is 25.7 Å². The Bertz CT molecular complexity index is 3050. The summed E-state index contributed by atoms with van der Waals surface area (Å²) in [5, 5.41) is 5.36. The maximum atomic E-state index is 8.28. The standard InChI is InChI=1S/C31H24NO.C21H22NSi.Ir/c1-20-17-24(31(2,3)23-10-5-4-6-11-23)19-32-29(20)22-14-16-28-27(18-22)26-15-13-21-9-7-8-12-25(21)30(26)33-28;1-16-10-12-18(13-11-16)20-14-19(17-8-6-5-7-9-17)21(15-22-20)23(2,3)4;/h4-13,15-19H,1-3H3;5-12,14-15H,1-4H3;/q2*-1;/i2*1D3;. The summed E-state index contributed by atoms with van der Waals surface area (Å²) in [6.45, 7) is 6.67. The fraction of sp³-hybridized carbons (Fsp3) is 0.154. The van der Waals surface area contributed by atoms with Crippen molar-refractivity contribution >= 4 is 46.0 Å². The van der Waals surface area contributed by atoms with E-state index in [2.05, 4.69) is 99.1 Å². The molecule has 0 unspecified atom stereocenters. The third kappa shape index (κ3) is 8.06. The molecule has 0 bridgehead atoms. The van der Waals surface area contributed by atoms with Gasteiger partial charge in [-0.25, -0.2) is 0 Å². The van der Waals surface area contributed by atoms with Gasteiger partial charge in [0, 0.05) is 56.9 Å². The molecule has 0 aliphatic carbocycles. The summed E-state index contributed by atoms with van der Waals surface area (Å²) in [5.41, 5.74) is 8.62. The SMILES string of the molecule is [2H]C([2H])([2H])c1c[c-]c(-c2cc(-c3ccccc3)c([Si](C)(C)C)cn2)cc1.[2H]C([2H])([2H])c1cc(C(C)(C)c2ccccc2)cnc1-c1[c-]cc2oc3c4ccccc4ccc3c2c1.[Ir]. The van der Waals surface area contributed by atoms with Gasteiger partial charge in [-0.15, -0.1) is 59.2 Å².